The Balaban J connectivity index is 1.44. The number of hydrogen-bond donors (Lipinski definition) is 1. The lowest BCUT2D eigenvalue weighted by Gasteiger charge is -2.34. The predicted molar refractivity (Wildman–Crippen MR) is 115 cm³/mol. The number of amides is 1. The summed E-state index contributed by atoms with van der Waals surface area (Å²) in [6.07, 6.45) is -4.63. The van der Waals surface area contributed by atoms with E-state index < -0.39 is 33.1 Å². The highest BCUT2D eigenvalue weighted by Crippen LogP contribution is 2.34. The minimum atomic E-state index is -4.57. The van der Waals surface area contributed by atoms with E-state index in [1.54, 1.807) is 6.07 Å². The van der Waals surface area contributed by atoms with Crippen molar-refractivity contribution in [1.82, 2.24) is 9.62 Å². The molecule has 0 saturated carbocycles. The topological polar surface area (TPSA) is 88.1 Å². The average molecular weight is 499 g/mol. The second-order valence-electron chi connectivity index (χ2n) is 8.17. The number of amidine groups is 1. The van der Waals surface area contributed by atoms with E-state index >= 15 is 0 Å². The summed E-state index contributed by atoms with van der Waals surface area (Å²) in [7, 11) is -3.85. The fourth-order valence-electron chi connectivity index (χ4n) is 4.20. The number of halogens is 4. The number of carbonyl (C=O) groups is 1. The lowest BCUT2D eigenvalue weighted by Crippen LogP contribution is -2.50. The van der Waals surface area contributed by atoms with Gasteiger partial charge in [0.15, 0.2) is 5.75 Å². The molecule has 0 aromatic heterocycles. The third-order valence-corrected chi connectivity index (χ3v) is 7.94. The number of alkyl halides is 3. The number of piperidine rings is 1. The molecule has 0 radical (unpaired) electrons. The molecular weight excluding hydrogens is 478 g/mol. The number of sulfonamides is 1. The molecule has 34 heavy (non-hydrogen) atoms. The maximum atomic E-state index is 13.2. The number of aryl methyl sites for hydroxylation is 1. The first-order valence-electron chi connectivity index (χ1n) is 10.5. The van der Waals surface area contributed by atoms with Gasteiger partial charge in [-0.25, -0.2) is 12.7 Å². The number of nitrogens with zero attached hydrogens (tertiary/aromatic N) is 2. The van der Waals surface area contributed by atoms with Crippen LogP contribution in [-0.2, 0) is 27.4 Å². The van der Waals surface area contributed by atoms with E-state index in [4.69, 9.17) is 0 Å². The average Bonchev–Trinajstić information content (AvgIpc) is 3.13. The molecule has 2 aromatic carbocycles. The maximum absolute atomic E-state index is 13.2. The largest absolute Gasteiger partial charge is 0.416 e. The molecule has 0 aliphatic carbocycles. The standard InChI is InChI=1S/C22H21F4N3O4S/c23-22(24,25)18-7-2-1-4-15(18)8-13-34(31,32)29-11-9-21(10-12-29)20(30)27-19(28-21)16-5-3-6-17(14-16)33-26/h1-7,14H,8-13H2,(H,27,28,30). The number of nitrogens with one attached hydrogen (secondary N) is 1. The van der Waals surface area contributed by atoms with E-state index in [-0.39, 0.29) is 55.4 Å². The predicted octanol–water partition coefficient (Wildman–Crippen LogP) is 3.25. The van der Waals surface area contributed by atoms with Gasteiger partial charge in [-0.05, 0) is 43.0 Å². The van der Waals surface area contributed by atoms with E-state index in [2.05, 4.69) is 15.3 Å². The van der Waals surface area contributed by atoms with Crippen LogP contribution in [0.1, 0.15) is 29.5 Å². The first-order valence-corrected chi connectivity index (χ1v) is 12.1. The molecule has 1 amide bonds. The molecule has 7 nitrogen and oxygen atoms in total. The quantitative estimate of drug-likeness (QED) is 0.619. The maximum Gasteiger partial charge on any atom is 0.416 e. The van der Waals surface area contributed by atoms with Crippen LogP contribution in [0.3, 0.4) is 0 Å². The lowest BCUT2D eigenvalue weighted by molar-refractivity contribution is -0.138. The van der Waals surface area contributed by atoms with Gasteiger partial charge in [0, 0.05) is 23.2 Å². The first-order chi connectivity index (χ1) is 16.0. The molecule has 2 aliphatic heterocycles. The zero-order valence-electron chi connectivity index (χ0n) is 17.8. The molecule has 182 valence electrons. The molecule has 1 N–H and O–H groups in total. The minimum absolute atomic E-state index is 0.00107. The summed E-state index contributed by atoms with van der Waals surface area (Å²) in [6.45, 7) is 0.00215. The summed E-state index contributed by atoms with van der Waals surface area (Å²) in [5, 5.41) is 2.66. The highest BCUT2D eigenvalue weighted by Gasteiger charge is 2.47. The second-order valence-corrected chi connectivity index (χ2v) is 10.3. The van der Waals surface area contributed by atoms with Crippen molar-refractivity contribution in [3.8, 4) is 5.75 Å². The minimum Gasteiger partial charge on any atom is -0.308 e. The Labute approximate surface area is 193 Å². The van der Waals surface area contributed by atoms with Gasteiger partial charge >= 0.3 is 6.18 Å². The van der Waals surface area contributed by atoms with Crippen molar-refractivity contribution in [3.05, 3.63) is 65.2 Å². The molecule has 12 heteroatoms. The highest BCUT2D eigenvalue weighted by atomic mass is 32.2. The van der Waals surface area contributed by atoms with Crippen molar-refractivity contribution in [2.24, 2.45) is 4.99 Å². The van der Waals surface area contributed by atoms with Gasteiger partial charge in [-0.1, -0.05) is 30.3 Å². The van der Waals surface area contributed by atoms with Crippen LogP contribution in [0.2, 0.25) is 0 Å². The third-order valence-electron chi connectivity index (χ3n) is 6.07. The van der Waals surface area contributed by atoms with E-state index in [0.29, 0.717) is 5.56 Å². The lowest BCUT2D eigenvalue weighted by atomic mass is 9.89. The monoisotopic (exact) mass is 499 g/mol. The fourth-order valence-corrected chi connectivity index (χ4v) is 5.68. The van der Waals surface area contributed by atoms with E-state index in [0.717, 1.165) is 6.07 Å². The van der Waals surface area contributed by atoms with Crippen molar-refractivity contribution in [2.45, 2.75) is 31.0 Å². The Morgan fingerprint density at radius 3 is 2.47 bits per heavy atom. The van der Waals surface area contributed by atoms with Gasteiger partial charge in [-0.15, -0.1) is 0 Å². The zero-order chi connectivity index (χ0) is 24.6. The Morgan fingerprint density at radius 1 is 1.09 bits per heavy atom. The number of aliphatic imine (C=N–C) groups is 1. The van der Waals surface area contributed by atoms with Crippen LogP contribution >= 0.6 is 0 Å². The Hall–Kier alpha value is -2.99. The highest BCUT2D eigenvalue weighted by molar-refractivity contribution is 7.89. The Bertz CT molecular complexity index is 1220. The van der Waals surface area contributed by atoms with Crippen LogP contribution in [-0.4, -0.2) is 48.8 Å². The van der Waals surface area contributed by atoms with Crippen molar-refractivity contribution in [3.63, 3.8) is 0 Å². The van der Waals surface area contributed by atoms with Gasteiger partial charge in [0.25, 0.3) is 5.91 Å². The van der Waals surface area contributed by atoms with Crippen molar-refractivity contribution < 1.29 is 35.9 Å². The summed E-state index contributed by atoms with van der Waals surface area (Å²) in [4.78, 5) is 20.9. The van der Waals surface area contributed by atoms with Gasteiger partial charge in [0.05, 0.1) is 11.3 Å². The smallest absolute Gasteiger partial charge is 0.308 e. The van der Waals surface area contributed by atoms with Gasteiger partial charge in [-0.3, -0.25) is 14.7 Å². The van der Waals surface area contributed by atoms with Crippen LogP contribution < -0.4 is 10.3 Å². The summed E-state index contributed by atoms with van der Waals surface area (Å²) in [5.41, 5.74) is -1.65. The zero-order valence-corrected chi connectivity index (χ0v) is 18.6. The first kappa shape index (κ1) is 24.1. The molecule has 0 bridgehead atoms. The molecular formula is C22H21F4N3O4S. The molecule has 2 aliphatic rings. The van der Waals surface area contributed by atoms with E-state index in [1.807, 2.05) is 0 Å². The summed E-state index contributed by atoms with van der Waals surface area (Å²) in [5.74, 6) is -0.679. The van der Waals surface area contributed by atoms with Crippen molar-refractivity contribution >= 4 is 21.8 Å². The SMILES string of the molecule is O=C1NC(c2cccc(OF)c2)=NC12CCN(S(=O)(=O)CCc1ccccc1C(F)(F)F)CC2. The molecule has 1 fully saturated rings. The van der Waals surface area contributed by atoms with Gasteiger partial charge in [0.1, 0.15) is 11.4 Å². The van der Waals surface area contributed by atoms with E-state index in [1.165, 1.54) is 40.7 Å². The number of benzene rings is 2. The molecule has 1 spiro atoms. The van der Waals surface area contributed by atoms with Crippen molar-refractivity contribution in [2.75, 3.05) is 18.8 Å². The summed E-state index contributed by atoms with van der Waals surface area (Å²) >= 11 is 0. The van der Waals surface area contributed by atoms with Gasteiger partial charge in [0.2, 0.25) is 10.0 Å². The van der Waals surface area contributed by atoms with Crippen molar-refractivity contribution in [1.29, 1.82) is 0 Å². The third kappa shape index (κ3) is 4.78. The Morgan fingerprint density at radius 2 is 1.79 bits per heavy atom. The number of hydrogen-bond acceptors (Lipinski definition) is 5. The van der Waals surface area contributed by atoms with Crippen LogP contribution in [0, 0.1) is 0 Å². The van der Waals surface area contributed by atoms with Gasteiger partial charge < -0.3 is 5.32 Å². The molecule has 4 rings (SSSR count). The molecule has 0 unspecified atom stereocenters. The fraction of sp³-hybridized carbons (Fsp3) is 0.364. The second kappa shape index (κ2) is 8.99. The van der Waals surface area contributed by atoms with Crippen LogP contribution in [0.5, 0.6) is 5.75 Å². The normalized spacial score (nSPS) is 18.6. The van der Waals surface area contributed by atoms with E-state index in [9.17, 15) is 30.9 Å². The van der Waals surface area contributed by atoms with Gasteiger partial charge in [-0.2, -0.15) is 13.2 Å². The summed E-state index contributed by atoms with van der Waals surface area (Å²) in [6, 6.07) is 10.8. The van der Waals surface area contributed by atoms with Crippen LogP contribution in [0.4, 0.5) is 17.7 Å². The molecule has 2 heterocycles. The van der Waals surface area contributed by atoms with Crippen LogP contribution in [0.25, 0.3) is 0 Å². The molecule has 0 atom stereocenters. The number of rotatable bonds is 6. The molecule has 1 saturated heterocycles. The number of carbonyl (C=O) groups excluding carboxylic acids is 1. The Kier molecular flexibility index (Phi) is 6.38. The molecule has 2 aromatic rings. The summed E-state index contributed by atoms with van der Waals surface area (Å²) < 4.78 is 78.9. The van der Waals surface area contributed by atoms with Crippen LogP contribution in [0.15, 0.2) is 53.5 Å².